The maximum atomic E-state index is 5.13. The summed E-state index contributed by atoms with van der Waals surface area (Å²) in [6, 6.07) is 11.2. The van der Waals surface area contributed by atoms with E-state index in [1.54, 1.807) is 19.5 Å². The highest BCUT2D eigenvalue weighted by Gasteiger charge is 2.07. The first-order chi connectivity index (χ1) is 12.7. The van der Waals surface area contributed by atoms with E-state index in [0.29, 0.717) is 5.13 Å². The summed E-state index contributed by atoms with van der Waals surface area (Å²) < 4.78 is 5.13. The molecule has 0 aliphatic heterocycles. The van der Waals surface area contributed by atoms with Gasteiger partial charge in [-0.1, -0.05) is 11.3 Å². The molecule has 0 radical (unpaired) electrons. The van der Waals surface area contributed by atoms with Gasteiger partial charge in [0.25, 0.3) is 0 Å². The first-order valence-corrected chi connectivity index (χ1v) is 8.71. The average Bonchev–Trinajstić information content (AvgIpc) is 3.05. The third-order valence-electron chi connectivity index (χ3n) is 3.52. The zero-order valence-corrected chi connectivity index (χ0v) is 15.5. The minimum atomic E-state index is 0.666. The second kappa shape index (κ2) is 8.30. The number of thiazole rings is 1. The van der Waals surface area contributed by atoms with Gasteiger partial charge in [-0.05, 0) is 50.2 Å². The summed E-state index contributed by atoms with van der Waals surface area (Å²) in [4.78, 5) is 8.43. The predicted octanol–water partition coefficient (Wildman–Crippen LogP) is 5.11. The van der Waals surface area contributed by atoms with Gasteiger partial charge in [-0.2, -0.15) is 5.10 Å². The Bertz CT molecular complexity index is 919. The van der Waals surface area contributed by atoms with E-state index in [1.807, 2.05) is 50.2 Å². The molecule has 0 aliphatic rings. The molecule has 0 unspecified atom stereocenters. The van der Waals surface area contributed by atoms with E-state index in [-0.39, 0.29) is 0 Å². The Balaban J connectivity index is 1.69. The number of methoxy groups -OCH3 is 1. The highest BCUT2D eigenvalue weighted by Crippen LogP contribution is 2.32. The third-order valence-corrected chi connectivity index (χ3v) is 4.46. The number of anilines is 1. The molecule has 3 rings (SSSR count). The van der Waals surface area contributed by atoms with Crippen LogP contribution in [0.3, 0.4) is 0 Å². The van der Waals surface area contributed by atoms with Crippen LogP contribution in [0.5, 0.6) is 5.75 Å². The van der Waals surface area contributed by atoms with Crippen LogP contribution in [0.15, 0.2) is 64.1 Å². The summed E-state index contributed by atoms with van der Waals surface area (Å²) in [5.74, 6) is 0.784. The van der Waals surface area contributed by atoms with Crippen LogP contribution in [0.1, 0.15) is 18.2 Å². The molecule has 1 aromatic carbocycles. The predicted molar refractivity (Wildman–Crippen MR) is 104 cm³/mol. The molecule has 0 atom stereocenters. The molecular weight excluding hydrogens is 348 g/mol. The van der Waals surface area contributed by atoms with Crippen LogP contribution in [0, 0.1) is 6.92 Å². The Kier molecular flexibility index (Phi) is 5.65. The van der Waals surface area contributed by atoms with Crippen molar-refractivity contribution in [2.75, 3.05) is 12.5 Å². The van der Waals surface area contributed by atoms with Crippen LogP contribution in [0.4, 0.5) is 15.8 Å². The molecular formula is C18H18N6OS. The SMILES string of the molecule is COc1ccc(N=Nc2sc(N/N=C(\C)c3ccncc3)nc2C)cc1. The van der Waals surface area contributed by atoms with Crippen molar-refractivity contribution in [3.8, 4) is 5.75 Å². The lowest BCUT2D eigenvalue weighted by atomic mass is 10.2. The van der Waals surface area contributed by atoms with Crippen molar-refractivity contribution in [2.24, 2.45) is 15.3 Å². The lowest BCUT2D eigenvalue weighted by Crippen LogP contribution is -1.99. The summed E-state index contributed by atoms with van der Waals surface area (Å²) in [5, 5.41) is 14.3. The van der Waals surface area contributed by atoms with E-state index in [2.05, 4.69) is 30.7 Å². The molecule has 26 heavy (non-hydrogen) atoms. The molecule has 2 heterocycles. The lowest BCUT2D eigenvalue weighted by Gasteiger charge is -1.99. The van der Waals surface area contributed by atoms with Crippen molar-refractivity contribution >= 4 is 32.9 Å². The molecule has 1 N–H and O–H groups in total. The van der Waals surface area contributed by atoms with E-state index in [1.165, 1.54) is 11.3 Å². The summed E-state index contributed by atoms with van der Waals surface area (Å²) in [7, 11) is 1.63. The number of pyridine rings is 1. The highest BCUT2D eigenvalue weighted by atomic mass is 32.1. The summed E-state index contributed by atoms with van der Waals surface area (Å²) >= 11 is 1.40. The Morgan fingerprint density at radius 1 is 1.08 bits per heavy atom. The normalized spacial score (nSPS) is 11.7. The van der Waals surface area contributed by atoms with Crippen molar-refractivity contribution < 1.29 is 4.74 Å². The van der Waals surface area contributed by atoms with Gasteiger partial charge >= 0.3 is 0 Å². The quantitative estimate of drug-likeness (QED) is 0.373. The molecule has 7 nitrogen and oxygen atoms in total. The first-order valence-electron chi connectivity index (χ1n) is 7.89. The van der Waals surface area contributed by atoms with E-state index < -0.39 is 0 Å². The summed E-state index contributed by atoms with van der Waals surface area (Å²) in [6.07, 6.45) is 3.47. The molecule has 0 amide bonds. The van der Waals surface area contributed by atoms with Gasteiger partial charge in [-0.3, -0.25) is 10.4 Å². The van der Waals surface area contributed by atoms with Gasteiger partial charge in [0.15, 0.2) is 5.00 Å². The number of hydrazone groups is 1. The van der Waals surface area contributed by atoms with E-state index >= 15 is 0 Å². The topological polar surface area (TPSA) is 84.1 Å². The fourth-order valence-electron chi connectivity index (χ4n) is 2.07. The summed E-state index contributed by atoms with van der Waals surface area (Å²) in [6.45, 7) is 3.82. The molecule has 0 spiro atoms. The van der Waals surface area contributed by atoms with Crippen LogP contribution in [-0.4, -0.2) is 22.8 Å². The highest BCUT2D eigenvalue weighted by molar-refractivity contribution is 7.19. The number of nitrogens with one attached hydrogen (secondary N) is 1. The molecule has 0 saturated carbocycles. The monoisotopic (exact) mass is 366 g/mol. The fraction of sp³-hybridized carbons (Fsp3) is 0.167. The molecule has 8 heteroatoms. The van der Waals surface area contributed by atoms with Crippen molar-refractivity contribution in [3.63, 3.8) is 0 Å². The molecule has 0 saturated heterocycles. The second-order valence-corrected chi connectivity index (χ2v) is 6.33. The Hall–Kier alpha value is -3.13. The Labute approximate surface area is 155 Å². The number of azo groups is 1. The van der Waals surface area contributed by atoms with Gasteiger partial charge in [0.1, 0.15) is 5.75 Å². The van der Waals surface area contributed by atoms with Crippen molar-refractivity contribution in [1.29, 1.82) is 0 Å². The zero-order valence-electron chi connectivity index (χ0n) is 14.7. The number of aromatic nitrogens is 2. The van der Waals surface area contributed by atoms with Gasteiger partial charge < -0.3 is 4.74 Å². The first kappa shape index (κ1) is 17.7. The van der Waals surface area contributed by atoms with Gasteiger partial charge in [0.2, 0.25) is 5.13 Å². The maximum absolute atomic E-state index is 5.13. The van der Waals surface area contributed by atoms with Gasteiger partial charge in [0.05, 0.1) is 24.2 Å². The van der Waals surface area contributed by atoms with E-state index in [4.69, 9.17) is 4.74 Å². The van der Waals surface area contributed by atoms with Crippen LogP contribution >= 0.6 is 11.3 Å². The van der Waals surface area contributed by atoms with Gasteiger partial charge in [-0.25, -0.2) is 4.98 Å². The average molecular weight is 366 g/mol. The molecule has 132 valence electrons. The van der Waals surface area contributed by atoms with Crippen molar-refractivity contribution in [1.82, 2.24) is 9.97 Å². The number of nitrogens with zero attached hydrogens (tertiary/aromatic N) is 5. The standard InChI is InChI=1S/C18H18N6OS/c1-12(14-8-10-19-11-9-14)21-24-18-20-13(2)17(26-18)23-22-15-4-6-16(25-3)7-5-15/h4-11H,1-3H3,(H,20,24)/b21-12+,23-22?. The molecule has 0 aliphatic carbocycles. The lowest BCUT2D eigenvalue weighted by molar-refractivity contribution is 0.415. The number of hydrogen-bond acceptors (Lipinski definition) is 8. The largest absolute Gasteiger partial charge is 0.497 e. The molecule has 2 aromatic heterocycles. The Morgan fingerprint density at radius 3 is 2.50 bits per heavy atom. The van der Waals surface area contributed by atoms with Crippen LogP contribution in [-0.2, 0) is 0 Å². The van der Waals surface area contributed by atoms with Crippen LogP contribution in [0.25, 0.3) is 0 Å². The molecule has 0 fully saturated rings. The van der Waals surface area contributed by atoms with Gasteiger partial charge in [0, 0.05) is 18.0 Å². The van der Waals surface area contributed by atoms with E-state index in [0.717, 1.165) is 33.4 Å². The van der Waals surface area contributed by atoms with Crippen molar-refractivity contribution in [2.45, 2.75) is 13.8 Å². The number of ether oxygens (including phenoxy) is 1. The maximum Gasteiger partial charge on any atom is 0.205 e. The van der Waals surface area contributed by atoms with Crippen LogP contribution < -0.4 is 10.2 Å². The Morgan fingerprint density at radius 2 is 1.81 bits per heavy atom. The molecule has 0 bridgehead atoms. The van der Waals surface area contributed by atoms with E-state index in [9.17, 15) is 0 Å². The van der Waals surface area contributed by atoms with Crippen molar-refractivity contribution in [3.05, 3.63) is 60.0 Å². The minimum absolute atomic E-state index is 0.666. The number of hydrogen-bond donors (Lipinski definition) is 1. The molecule has 3 aromatic rings. The van der Waals surface area contributed by atoms with Crippen LogP contribution in [0.2, 0.25) is 0 Å². The third kappa shape index (κ3) is 4.48. The summed E-state index contributed by atoms with van der Waals surface area (Å²) in [5.41, 5.74) is 6.37. The zero-order chi connectivity index (χ0) is 18.4. The van der Waals surface area contributed by atoms with Gasteiger partial charge in [-0.15, -0.1) is 10.2 Å². The number of benzene rings is 1. The minimum Gasteiger partial charge on any atom is -0.497 e. The number of rotatable bonds is 6. The smallest absolute Gasteiger partial charge is 0.205 e. The number of aryl methyl sites for hydroxylation is 1. The fourth-order valence-corrected chi connectivity index (χ4v) is 2.80. The second-order valence-electron chi connectivity index (χ2n) is 5.35.